The number of benzene rings is 2. The van der Waals surface area contributed by atoms with Gasteiger partial charge < -0.3 is 0 Å². The summed E-state index contributed by atoms with van der Waals surface area (Å²) < 4.78 is 1.65. The number of carbonyl (C=O) groups excluding carboxylic acids is 1. The monoisotopic (exact) mass is 431 g/mol. The SMILES string of the molecule is Cc1ccc(C(=O)NC(=S)Nn2c(C)nnc2SCc2ccccc2)c(Cl)c1. The van der Waals surface area contributed by atoms with Crippen molar-refractivity contribution in [3.8, 4) is 0 Å². The van der Waals surface area contributed by atoms with Gasteiger partial charge in [-0.3, -0.25) is 15.5 Å². The van der Waals surface area contributed by atoms with Crippen molar-refractivity contribution in [3.05, 3.63) is 76.1 Å². The second-order valence-corrected chi connectivity index (χ2v) is 7.78. The highest BCUT2D eigenvalue weighted by Gasteiger charge is 2.15. The molecule has 0 fully saturated rings. The van der Waals surface area contributed by atoms with Crippen LogP contribution in [0.3, 0.4) is 0 Å². The van der Waals surface area contributed by atoms with Crippen molar-refractivity contribution in [3.63, 3.8) is 0 Å². The van der Waals surface area contributed by atoms with Gasteiger partial charge in [0.05, 0.1) is 10.6 Å². The van der Waals surface area contributed by atoms with E-state index in [0.29, 0.717) is 21.6 Å². The van der Waals surface area contributed by atoms with E-state index in [9.17, 15) is 4.79 Å². The molecule has 0 bridgehead atoms. The molecular formula is C19H18ClN5OS2. The topological polar surface area (TPSA) is 71.8 Å². The highest BCUT2D eigenvalue weighted by Crippen LogP contribution is 2.21. The highest BCUT2D eigenvalue weighted by molar-refractivity contribution is 7.98. The lowest BCUT2D eigenvalue weighted by atomic mass is 10.1. The predicted molar refractivity (Wildman–Crippen MR) is 116 cm³/mol. The molecule has 0 saturated carbocycles. The standard InChI is InChI=1S/C19H18ClN5OS2/c1-12-8-9-15(16(20)10-12)17(26)21-18(27)24-25-13(2)22-23-19(25)28-11-14-6-4-3-5-7-14/h3-10H,11H2,1-2H3,(H2,21,24,26,27). The molecule has 0 radical (unpaired) electrons. The van der Waals surface area contributed by atoms with Gasteiger partial charge in [0.15, 0.2) is 5.11 Å². The van der Waals surface area contributed by atoms with E-state index in [1.54, 1.807) is 23.7 Å². The number of hydrogen-bond acceptors (Lipinski definition) is 5. The fraction of sp³-hybridized carbons (Fsp3) is 0.158. The van der Waals surface area contributed by atoms with E-state index in [1.807, 2.05) is 43.3 Å². The maximum atomic E-state index is 12.4. The Hall–Kier alpha value is -2.42. The van der Waals surface area contributed by atoms with Gasteiger partial charge in [-0.05, 0) is 49.3 Å². The lowest BCUT2D eigenvalue weighted by molar-refractivity contribution is 0.0977. The number of halogens is 1. The summed E-state index contributed by atoms with van der Waals surface area (Å²) in [6.45, 7) is 3.71. The van der Waals surface area contributed by atoms with Crippen molar-refractivity contribution in [2.75, 3.05) is 5.43 Å². The van der Waals surface area contributed by atoms with Crippen LogP contribution < -0.4 is 10.7 Å². The Morgan fingerprint density at radius 1 is 1.18 bits per heavy atom. The van der Waals surface area contributed by atoms with Crippen LogP contribution in [0.25, 0.3) is 0 Å². The van der Waals surface area contributed by atoms with Gasteiger partial charge in [-0.25, -0.2) is 4.68 Å². The number of carbonyl (C=O) groups is 1. The van der Waals surface area contributed by atoms with Crippen molar-refractivity contribution >= 4 is 46.6 Å². The smallest absolute Gasteiger partial charge is 0.258 e. The minimum Gasteiger partial charge on any atom is -0.298 e. The molecule has 3 aromatic rings. The van der Waals surface area contributed by atoms with Crippen LogP contribution in [0.2, 0.25) is 5.02 Å². The maximum absolute atomic E-state index is 12.4. The van der Waals surface area contributed by atoms with E-state index in [2.05, 4.69) is 20.9 Å². The van der Waals surface area contributed by atoms with Crippen LogP contribution in [-0.2, 0) is 5.75 Å². The van der Waals surface area contributed by atoms with Gasteiger partial charge in [0, 0.05) is 5.75 Å². The zero-order chi connectivity index (χ0) is 20.1. The molecule has 3 rings (SSSR count). The first-order valence-corrected chi connectivity index (χ1v) is 10.2. The Labute approximate surface area is 177 Å². The summed E-state index contributed by atoms with van der Waals surface area (Å²) in [7, 11) is 0. The van der Waals surface area contributed by atoms with E-state index in [0.717, 1.165) is 11.3 Å². The number of aryl methyl sites for hydroxylation is 2. The molecule has 0 saturated heterocycles. The fourth-order valence-corrected chi connectivity index (χ4v) is 3.79. The van der Waals surface area contributed by atoms with Crippen molar-refractivity contribution in [1.29, 1.82) is 0 Å². The Kier molecular flexibility index (Phi) is 6.66. The van der Waals surface area contributed by atoms with Crippen molar-refractivity contribution in [1.82, 2.24) is 20.2 Å². The van der Waals surface area contributed by atoms with Crippen LogP contribution >= 0.6 is 35.6 Å². The Balaban J connectivity index is 1.65. The predicted octanol–water partition coefficient (Wildman–Crippen LogP) is 4.10. The number of nitrogens with one attached hydrogen (secondary N) is 2. The van der Waals surface area contributed by atoms with Crippen molar-refractivity contribution < 1.29 is 4.79 Å². The second kappa shape index (κ2) is 9.18. The number of aromatic nitrogens is 3. The normalized spacial score (nSPS) is 10.5. The maximum Gasteiger partial charge on any atom is 0.258 e. The summed E-state index contributed by atoms with van der Waals surface area (Å²) in [5.74, 6) is 0.978. The fourth-order valence-electron chi connectivity index (χ4n) is 2.39. The van der Waals surface area contributed by atoms with E-state index < -0.39 is 0 Å². The largest absolute Gasteiger partial charge is 0.298 e. The van der Waals surface area contributed by atoms with Gasteiger partial charge in [0.25, 0.3) is 5.91 Å². The third-order valence-corrected chi connectivity index (χ3v) is 5.32. The minimum absolute atomic E-state index is 0.131. The molecule has 0 spiro atoms. The quantitative estimate of drug-likeness (QED) is 0.468. The summed E-state index contributed by atoms with van der Waals surface area (Å²) in [5.41, 5.74) is 5.46. The molecular weight excluding hydrogens is 414 g/mol. The zero-order valence-electron chi connectivity index (χ0n) is 15.3. The second-order valence-electron chi connectivity index (χ2n) is 6.02. The average molecular weight is 432 g/mol. The van der Waals surface area contributed by atoms with E-state index in [4.69, 9.17) is 23.8 Å². The molecule has 1 heterocycles. The number of amides is 1. The number of hydrogen-bond donors (Lipinski definition) is 2. The average Bonchev–Trinajstić information content (AvgIpc) is 3.00. The first-order chi connectivity index (χ1) is 13.4. The molecule has 144 valence electrons. The summed E-state index contributed by atoms with van der Waals surface area (Å²) >= 11 is 12.9. The van der Waals surface area contributed by atoms with Crippen LogP contribution in [-0.4, -0.2) is 25.9 Å². The number of thiocarbonyl (C=S) groups is 1. The third kappa shape index (κ3) is 5.09. The lowest BCUT2D eigenvalue weighted by Crippen LogP contribution is -2.38. The van der Waals surface area contributed by atoms with Gasteiger partial charge in [0.2, 0.25) is 5.16 Å². The summed E-state index contributed by atoms with van der Waals surface area (Å²) in [5, 5.41) is 12.0. The molecule has 1 aromatic heterocycles. The molecule has 0 aliphatic rings. The van der Waals surface area contributed by atoms with E-state index >= 15 is 0 Å². The van der Waals surface area contributed by atoms with Gasteiger partial charge in [-0.1, -0.05) is 59.8 Å². The molecule has 9 heteroatoms. The summed E-state index contributed by atoms with van der Waals surface area (Å²) in [4.78, 5) is 12.4. The first kappa shape index (κ1) is 20.3. The molecule has 0 unspecified atom stereocenters. The van der Waals surface area contributed by atoms with Crippen LogP contribution in [0.5, 0.6) is 0 Å². The molecule has 0 aliphatic carbocycles. The molecule has 6 nitrogen and oxygen atoms in total. The first-order valence-electron chi connectivity index (χ1n) is 8.41. The van der Waals surface area contributed by atoms with Crippen molar-refractivity contribution in [2.24, 2.45) is 0 Å². The third-order valence-electron chi connectivity index (χ3n) is 3.82. The Morgan fingerprint density at radius 2 is 1.93 bits per heavy atom. The van der Waals surface area contributed by atoms with Crippen molar-refractivity contribution in [2.45, 2.75) is 24.8 Å². The molecule has 2 aromatic carbocycles. The molecule has 0 aliphatic heterocycles. The lowest BCUT2D eigenvalue weighted by Gasteiger charge is -2.13. The molecule has 2 N–H and O–H groups in total. The molecule has 28 heavy (non-hydrogen) atoms. The number of thioether (sulfide) groups is 1. The van der Waals surface area contributed by atoms with Crippen LogP contribution in [0.15, 0.2) is 53.7 Å². The van der Waals surface area contributed by atoms with Gasteiger partial charge in [0.1, 0.15) is 5.82 Å². The summed E-state index contributed by atoms with van der Waals surface area (Å²) in [6.07, 6.45) is 0. The van der Waals surface area contributed by atoms with Crippen LogP contribution in [0, 0.1) is 13.8 Å². The van der Waals surface area contributed by atoms with E-state index in [-0.39, 0.29) is 11.0 Å². The minimum atomic E-state index is -0.383. The Morgan fingerprint density at radius 3 is 2.64 bits per heavy atom. The van der Waals surface area contributed by atoms with Gasteiger partial charge in [-0.15, -0.1) is 10.2 Å². The van der Waals surface area contributed by atoms with Crippen LogP contribution in [0.4, 0.5) is 0 Å². The van der Waals surface area contributed by atoms with E-state index in [1.165, 1.54) is 17.3 Å². The molecule has 1 amide bonds. The van der Waals surface area contributed by atoms with Gasteiger partial charge >= 0.3 is 0 Å². The number of nitrogens with zero attached hydrogens (tertiary/aromatic N) is 3. The molecule has 0 atom stereocenters. The van der Waals surface area contributed by atoms with Gasteiger partial charge in [-0.2, -0.15) is 0 Å². The highest BCUT2D eigenvalue weighted by atomic mass is 35.5. The summed E-state index contributed by atoms with van der Waals surface area (Å²) in [6, 6.07) is 15.3. The Bertz CT molecular complexity index is 1010. The van der Waals surface area contributed by atoms with Crippen LogP contribution in [0.1, 0.15) is 27.3 Å². The zero-order valence-corrected chi connectivity index (χ0v) is 17.7. The number of rotatable bonds is 5.